The van der Waals surface area contributed by atoms with E-state index in [-0.39, 0.29) is 6.04 Å². The fraction of sp³-hybridized carbons (Fsp3) is 0.176. The van der Waals surface area contributed by atoms with E-state index in [0.29, 0.717) is 0 Å². The summed E-state index contributed by atoms with van der Waals surface area (Å²) < 4.78 is 2.02. The number of H-pyrrole nitrogens is 1. The molecule has 0 aliphatic rings. The minimum Gasteiger partial charge on any atom is -0.339 e. The van der Waals surface area contributed by atoms with Crippen LogP contribution in [0.4, 0.5) is 0 Å². The molecule has 0 aliphatic heterocycles. The highest BCUT2D eigenvalue weighted by Gasteiger charge is 2.11. The number of rotatable bonds is 2. The van der Waals surface area contributed by atoms with Crippen LogP contribution in [0.15, 0.2) is 42.9 Å². The van der Waals surface area contributed by atoms with Crippen LogP contribution in [0.3, 0.4) is 0 Å². The summed E-state index contributed by atoms with van der Waals surface area (Å²) in [6.07, 6.45) is 3.62. The third-order valence-electron chi connectivity index (χ3n) is 4.06. The second-order valence-electron chi connectivity index (χ2n) is 5.71. The largest absolute Gasteiger partial charge is 0.339 e. The van der Waals surface area contributed by atoms with Crippen LogP contribution in [0.1, 0.15) is 18.5 Å². The Morgan fingerprint density at radius 3 is 2.91 bits per heavy atom. The van der Waals surface area contributed by atoms with Gasteiger partial charge in [-0.3, -0.25) is 0 Å². The molecule has 4 rings (SSSR count). The average molecular weight is 291 g/mol. The molecule has 1 unspecified atom stereocenters. The summed E-state index contributed by atoms with van der Waals surface area (Å²) in [5, 5.41) is 1.08. The molecule has 0 aliphatic carbocycles. The van der Waals surface area contributed by atoms with Gasteiger partial charge in [-0.15, -0.1) is 0 Å². The highest BCUT2D eigenvalue weighted by molar-refractivity contribution is 6.03. The van der Waals surface area contributed by atoms with Gasteiger partial charge in [0.15, 0.2) is 0 Å². The molecule has 0 spiro atoms. The Hall–Kier alpha value is -2.66. The van der Waals surface area contributed by atoms with E-state index < -0.39 is 0 Å². The van der Waals surface area contributed by atoms with E-state index in [9.17, 15) is 0 Å². The fourth-order valence-electron chi connectivity index (χ4n) is 2.87. The van der Waals surface area contributed by atoms with Crippen LogP contribution in [0.25, 0.3) is 33.3 Å². The standard InChI is InChI=1S/C17H17N5/c1-10(18)11-4-3-5-12(6-11)14-7-13-16-15(20-9-22(16)2)8-19-17(13)21-14/h3-10H,18H2,1-2H3,(H,19,21). The summed E-state index contributed by atoms with van der Waals surface area (Å²) in [7, 11) is 2.00. The molecular formula is C17H17N5. The molecule has 110 valence electrons. The van der Waals surface area contributed by atoms with Gasteiger partial charge >= 0.3 is 0 Å². The summed E-state index contributed by atoms with van der Waals surface area (Å²) >= 11 is 0. The number of aromatic nitrogens is 4. The van der Waals surface area contributed by atoms with Crippen molar-refractivity contribution in [3.05, 3.63) is 48.4 Å². The van der Waals surface area contributed by atoms with E-state index in [1.807, 2.05) is 37.0 Å². The maximum atomic E-state index is 5.98. The minimum atomic E-state index is 0.0197. The number of benzene rings is 1. The number of imidazole rings is 1. The maximum Gasteiger partial charge on any atom is 0.139 e. The van der Waals surface area contributed by atoms with Crippen LogP contribution in [0, 0.1) is 0 Å². The summed E-state index contributed by atoms with van der Waals surface area (Å²) in [4.78, 5) is 12.2. The Morgan fingerprint density at radius 2 is 2.09 bits per heavy atom. The summed E-state index contributed by atoms with van der Waals surface area (Å²) in [5.74, 6) is 0. The first-order valence-corrected chi connectivity index (χ1v) is 7.28. The smallest absolute Gasteiger partial charge is 0.139 e. The predicted molar refractivity (Wildman–Crippen MR) is 88.4 cm³/mol. The van der Waals surface area contributed by atoms with Gasteiger partial charge in [-0.1, -0.05) is 18.2 Å². The molecule has 4 aromatic rings. The first-order valence-electron chi connectivity index (χ1n) is 7.28. The minimum absolute atomic E-state index is 0.0197. The normalized spacial score (nSPS) is 13.0. The lowest BCUT2D eigenvalue weighted by molar-refractivity contribution is 0.818. The quantitative estimate of drug-likeness (QED) is 0.596. The number of nitrogens with one attached hydrogen (secondary N) is 1. The molecule has 0 fully saturated rings. The number of hydrogen-bond acceptors (Lipinski definition) is 3. The van der Waals surface area contributed by atoms with Crippen molar-refractivity contribution in [3.63, 3.8) is 0 Å². The van der Waals surface area contributed by atoms with Crippen molar-refractivity contribution in [2.24, 2.45) is 12.8 Å². The van der Waals surface area contributed by atoms with Gasteiger partial charge < -0.3 is 15.3 Å². The molecule has 0 bridgehead atoms. The van der Waals surface area contributed by atoms with Crippen LogP contribution in [0.5, 0.6) is 0 Å². The van der Waals surface area contributed by atoms with Crippen LogP contribution in [-0.2, 0) is 7.05 Å². The van der Waals surface area contributed by atoms with E-state index in [4.69, 9.17) is 5.73 Å². The van der Waals surface area contributed by atoms with Crippen molar-refractivity contribution in [3.8, 4) is 11.3 Å². The van der Waals surface area contributed by atoms with Gasteiger partial charge in [-0.2, -0.15) is 0 Å². The number of aromatic amines is 1. The molecule has 1 atom stereocenters. The van der Waals surface area contributed by atoms with Gasteiger partial charge in [0.2, 0.25) is 0 Å². The SMILES string of the molecule is CC(N)c1cccc(-c2cc3c(ncc4ncn(C)c43)[nH]2)c1. The number of aryl methyl sites for hydroxylation is 1. The molecule has 3 N–H and O–H groups in total. The lowest BCUT2D eigenvalue weighted by Crippen LogP contribution is -2.04. The molecule has 22 heavy (non-hydrogen) atoms. The van der Waals surface area contributed by atoms with Gasteiger partial charge in [0.1, 0.15) is 11.2 Å². The summed E-state index contributed by atoms with van der Waals surface area (Å²) in [6, 6.07) is 10.4. The second-order valence-corrected chi connectivity index (χ2v) is 5.71. The zero-order valence-corrected chi connectivity index (χ0v) is 12.5. The van der Waals surface area contributed by atoms with Gasteiger partial charge in [0.25, 0.3) is 0 Å². The third-order valence-corrected chi connectivity index (χ3v) is 4.06. The van der Waals surface area contributed by atoms with Crippen LogP contribution in [0.2, 0.25) is 0 Å². The Kier molecular flexibility index (Phi) is 2.77. The van der Waals surface area contributed by atoms with E-state index in [0.717, 1.165) is 38.9 Å². The van der Waals surface area contributed by atoms with Crippen molar-refractivity contribution in [2.45, 2.75) is 13.0 Å². The topological polar surface area (TPSA) is 72.5 Å². The molecule has 0 saturated carbocycles. The van der Waals surface area contributed by atoms with Crippen molar-refractivity contribution in [2.75, 3.05) is 0 Å². The summed E-state index contributed by atoms with van der Waals surface area (Å²) in [5.41, 5.74) is 12.1. The third kappa shape index (κ3) is 1.90. The lowest BCUT2D eigenvalue weighted by atomic mass is 10.0. The number of nitrogens with two attached hydrogens (primary N) is 1. The predicted octanol–water partition coefficient (Wildman–Crippen LogP) is 3.14. The van der Waals surface area contributed by atoms with Gasteiger partial charge in [0, 0.05) is 24.2 Å². The monoisotopic (exact) mass is 291 g/mol. The van der Waals surface area contributed by atoms with Gasteiger partial charge in [0.05, 0.1) is 18.0 Å². The van der Waals surface area contributed by atoms with Crippen LogP contribution >= 0.6 is 0 Å². The zero-order chi connectivity index (χ0) is 15.3. The maximum absolute atomic E-state index is 5.98. The van der Waals surface area contributed by atoms with E-state index in [2.05, 4.69) is 33.2 Å². The first-order chi connectivity index (χ1) is 10.6. The van der Waals surface area contributed by atoms with E-state index >= 15 is 0 Å². The number of hydrogen-bond donors (Lipinski definition) is 2. The molecule has 0 saturated heterocycles. The van der Waals surface area contributed by atoms with Gasteiger partial charge in [-0.25, -0.2) is 9.97 Å². The molecule has 0 radical (unpaired) electrons. The molecule has 1 aromatic carbocycles. The van der Waals surface area contributed by atoms with Gasteiger partial charge in [-0.05, 0) is 30.2 Å². The van der Waals surface area contributed by atoms with Crippen molar-refractivity contribution in [1.82, 2.24) is 19.5 Å². The van der Waals surface area contributed by atoms with E-state index in [1.54, 1.807) is 6.20 Å². The van der Waals surface area contributed by atoms with Crippen LogP contribution in [-0.4, -0.2) is 19.5 Å². The highest BCUT2D eigenvalue weighted by Crippen LogP contribution is 2.29. The number of nitrogens with zero attached hydrogens (tertiary/aromatic N) is 3. The Labute approximate surface area is 127 Å². The number of fused-ring (bicyclic) bond motifs is 3. The molecule has 5 nitrogen and oxygen atoms in total. The molecule has 3 aromatic heterocycles. The van der Waals surface area contributed by atoms with Crippen LogP contribution < -0.4 is 5.73 Å². The van der Waals surface area contributed by atoms with Crippen molar-refractivity contribution >= 4 is 22.1 Å². The average Bonchev–Trinajstić information content (AvgIpc) is 3.10. The molecule has 0 amide bonds. The zero-order valence-electron chi connectivity index (χ0n) is 12.5. The van der Waals surface area contributed by atoms with Crippen molar-refractivity contribution in [1.29, 1.82) is 0 Å². The fourth-order valence-corrected chi connectivity index (χ4v) is 2.87. The Balaban J connectivity index is 1.94. The van der Waals surface area contributed by atoms with Crippen molar-refractivity contribution < 1.29 is 0 Å². The second kappa shape index (κ2) is 4.68. The molecular weight excluding hydrogens is 274 g/mol. The molecule has 3 heterocycles. The molecule has 5 heteroatoms. The van der Waals surface area contributed by atoms with E-state index in [1.165, 1.54) is 0 Å². The Bertz CT molecular complexity index is 977. The first kappa shape index (κ1) is 13.0. The summed E-state index contributed by atoms with van der Waals surface area (Å²) in [6.45, 7) is 1.99. The lowest BCUT2D eigenvalue weighted by Gasteiger charge is -2.06. The number of pyridine rings is 1. The Morgan fingerprint density at radius 1 is 1.23 bits per heavy atom. The highest BCUT2D eigenvalue weighted by atomic mass is 15.0.